The van der Waals surface area contributed by atoms with E-state index in [-0.39, 0.29) is 5.82 Å². The molecular formula is C16H18FN5O2. The summed E-state index contributed by atoms with van der Waals surface area (Å²) in [7, 11) is 1.69. The number of nitrogens with zero attached hydrogens (tertiary/aromatic N) is 4. The molecule has 0 aliphatic carbocycles. The smallest absolute Gasteiger partial charge is 0.167 e. The second-order valence-corrected chi connectivity index (χ2v) is 5.94. The maximum Gasteiger partial charge on any atom is 0.167 e. The number of aryl methyl sites for hydroxylation is 1. The molecule has 24 heavy (non-hydrogen) atoms. The molecule has 1 fully saturated rings. The molecule has 4 heterocycles. The lowest BCUT2D eigenvalue weighted by molar-refractivity contribution is -0.0940. The Hall–Kier alpha value is -2.32. The van der Waals surface area contributed by atoms with Crippen LogP contribution in [0.25, 0.3) is 16.7 Å². The van der Waals surface area contributed by atoms with Crippen LogP contribution in [0.4, 0.5) is 10.3 Å². The molecule has 0 aromatic carbocycles. The van der Waals surface area contributed by atoms with Crippen LogP contribution in [0.15, 0.2) is 18.5 Å². The number of anilines is 1. The number of fused-ring (bicyclic) bond motifs is 3. The molecule has 0 radical (unpaired) electrons. The molecular weight excluding hydrogens is 313 g/mol. The van der Waals surface area contributed by atoms with E-state index in [2.05, 4.69) is 15.0 Å². The van der Waals surface area contributed by atoms with Crippen molar-refractivity contribution in [3.05, 3.63) is 29.8 Å². The van der Waals surface area contributed by atoms with Crippen molar-refractivity contribution in [1.82, 2.24) is 19.4 Å². The molecule has 0 bridgehead atoms. The van der Waals surface area contributed by atoms with Crippen molar-refractivity contribution in [1.29, 1.82) is 0 Å². The number of hydrogen-bond acceptors (Lipinski definition) is 6. The third-order valence-corrected chi connectivity index (χ3v) is 4.71. The fourth-order valence-electron chi connectivity index (χ4n) is 3.46. The normalized spacial score (nSPS) is 17.5. The summed E-state index contributed by atoms with van der Waals surface area (Å²) in [6, 6.07) is 1.88. The molecule has 7 nitrogen and oxygen atoms in total. The van der Waals surface area contributed by atoms with Gasteiger partial charge in [-0.25, -0.2) is 20.5 Å². The fraction of sp³-hybridized carbons (Fsp3) is 0.438. The number of methoxy groups -OCH3 is 1. The van der Waals surface area contributed by atoms with Gasteiger partial charge in [-0.05, 0) is 13.0 Å². The Balaban J connectivity index is 2.08. The summed E-state index contributed by atoms with van der Waals surface area (Å²) in [5.41, 5.74) is 3.43. The zero-order valence-electron chi connectivity index (χ0n) is 13.5. The van der Waals surface area contributed by atoms with Crippen LogP contribution in [0.2, 0.25) is 0 Å². The lowest BCUT2D eigenvalue weighted by atomic mass is 9.86. The lowest BCUT2D eigenvalue weighted by Crippen LogP contribution is -2.36. The number of pyridine rings is 1. The summed E-state index contributed by atoms with van der Waals surface area (Å²) in [5, 5.41) is 0.589. The van der Waals surface area contributed by atoms with Crippen LogP contribution < -0.4 is 5.54 Å². The third kappa shape index (κ3) is 2.14. The van der Waals surface area contributed by atoms with Gasteiger partial charge in [-0.3, -0.25) is 4.40 Å². The summed E-state index contributed by atoms with van der Waals surface area (Å²) >= 11 is 0. The zero-order chi connectivity index (χ0) is 16.7. The minimum Gasteiger partial charge on any atom is -0.381 e. The van der Waals surface area contributed by atoms with Crippen molar-refractivity contribution in [3.8, 4) is 0 Å². The average molecular weight is 331 g/mol. The molecule has 3 aromatic heterocycles. The van der Waals surface area contributed by atoms with Crippen LogP contribution in [0.5, 0.6) is 0 Å². The van der Waals surface area contributed by atoms with Crippen molar-refractivity contribution >= 4 is 22.5 Å². The summed E-state index contributed by atoms with van der Waals surface area (Å²) in [6.07, 6.45) is 4.95. The first-order valence-corrected chi connectivity index (χ1v) is 7.83. The Morgan fingerprint density at radius 3 is 2.79 bits per heavy atom. The van der Waals surface area contributed by atoms with E-state index in [1.165, 1.54) is 0 Å². The third-order valence-electron chi connectivity index (χ3n) is 4.71. The summed E-state index contributed by atoms with van der Waals surface area (Å²) in [6.45, 7) is 2.95. The van der Waals surface area contributed by atoms with Gasteiger partial charge in [0, 0.05) is 51.1 Å². The lowest BCUT2D eigenvalue weighted by Gasteiger charge is -2.36. The van der Waals surface area contributed by atoms with E-state index in [9.17, 15) is 4.48 Å². The number of halogens is 1. The minimum atomic E-state index is -0.516. The van der Waals surface area contributed by atoms with Crippen LogP contribution in [0, 0.1) is 6.92 Å². The van der Waals surface area contributed by atoms with Crippen LogP contribution in [0.1, 0.15) is 24.2 Å². The molecule has 4 rings (SSSR count). The Kier molecular flexibility index (Phi) is 3.58. The van der Waals surface area contributed by atoms with Gasteiger partial charge in [-0.1, -0.05) is 0 Å². The highest BCUT2D eigenvalue weighted by Gasteiger charge is 2.37. The van der Waals surface area contributed by atoms with Gasteiger partial charge >= 0.3 is 0 Å². The van der Waals surface area contributed by atoms with Crippen LogP contribution in [-0.2, 0) is 15.1 Å². The van der Waals surface area contributed by atoms with E-state index >= 15 is 0 Å². The van der Waals surface area contributed by atoms with Crippen LogP contribution >= 0.6 is 0 Å². The van der Waals surface area contributed by atoms with Crippen molar-refractivity contribution in [2.75, 3.05) is 25.9 Å². The molecule has 0 saturated carbocycles. The topological polar surface area (TPSA) is 73.6 Å². The number of nitrogens with one attached hydrogen (secondary N) is 1. The number of aromatic nitrogens is 4. The van der Waals surface area contributed by atoms with E-state index < -0.39 is 5.60 Å². The van der Waals surface area contributed by atoms with Crippen molar-refractivity contribution in [2.24, 2.45) is 0 Å². The molecule has 1 aliphatic rings. The van der Waals surface area contributed by atoms with Gasteiger partial charge in [-0.2, -0.15) is 0 Å². The van der Waals surface area contributed by atoms with Gasteiger partial charge in [0.1, 0.15) is 17.1 Å². The first kappa shape index (κ1) is 15.2. The maximum absolute atomic E-state index is 13.3. The predicted octanol–water partition coefficient (Wildman–Crippen LogP) is 2.53. The van der Waals surface area contributed by atoms with E-state index in [1.807, 2.05) is 16.7 Å². The van der Waals surface area contributed by atoms with Gasteiger partial charge in [-0.15, -0.1) is 4.48 Å². The number of ether oxygens (including phenoxy) is 2. The molecule has 0 atom stereocenters. The Bertz CT molecular complexity index is 904. The second-order valence-electron chi connectivity index (χ2n) is 5.94. The average Bonchev–Trinajstić information content (AvgIpc) is 3.11. The maximum atomic E-state index is 13.3. The molecule has 8 heteroatoms. The zero-order valence-corrected chi connectivity index (χ0v) is 13.5. The molecule has 1 N–H and O–H groups in total. The molecule has 1 saturated heterocycles. The van der Waals surface area contributed by atoms with Crippen molar-refractivity contribution in [2.45, 2.75) is 25.4 Å². The highest BCUT2D eigenvalue weighted by molar-refractivity contribution is 5.89. The second kappa shape index (κ2) is 5.64. The first-order valence-electron chi connectivity index (χ1n) is 7.83. The van der Waals surface area contributed by atoms with Gasteiger partial charge in [0.15, 0.2) is 11.5 Å². The highest BCUT2D eigenvalue weighted by Crippen LogP contribution is 2.39. The molecule has 3 aromatic rings. The molecule has 0 unspecified atom stereocenters. The van der Waals surface area contributed by atoms with Gasteiger partial charge in [0.2, 0.25) is 0 Å². The standard InChI is InChI=1S/C16H18FN5O2/c1-10-19-13(21-17)11-9-12(16(23-2)3-7-24-8-4-16)15-18-5-6-22(15)14(11)20-10/h5-6,9H,3-4,7-8H2,1-2H3,(H,19,20,21). The van der Waals surface area contributed by atoms with E-state index in [0.717, 1.165) is 11.2 Å². The van der Waals surface area contributed by atoms with E-state index in [4.69, 9.17) is 9.47 Å². The Morgan fingerprint density at radius 1 is 1.29 bits per heavy atom. The Labute approximate surface area is 137 Å². The Morgan fingerprint density at radius 2 is 2.08 bits per heavy atom. The van der Waals surface area contributed by atoms with Gasteiger partial charge in [0.25, 0.3) is 0 Å². The SMILES string of the molecule is COC1(c2cc3c(NF)nc(C)nc3n3ccnc23)CCOCC1. The van der Waals surface area contributed by atoms with Gasteiger partial charge in [0.05, 0.1) is 5.39 Å². The fourth-order valence-corrected chi connectivity index (χ4v) is 3.46. The predicted molar refractivity (Wildman–Crippen MR) is 86.5 cm³/mol. The summed E-state index contributed by atoms with van der Waals surface area (Å²) < 4.78 is 26.5. The van der Waals surface area contributed by atoms with Crippen molar-refractivity contribution < 1.29 is 14.0 Å². The number of hydrogen-bond donors (Lipinski definition) is 1. The summed E-state index contributed by atoms with van der Waals surface area (Å²) in [4.78, 5) is 13.1. The molecule has 126 valence electrons. The first-order chi connectivity index (χ1) is 11.7. The van der Waals surface area contributed by atoms with Gasteiger partial charge < -0.3 is 9.47 Å². The molecule has 0 spiro atoms. The molecule has 0 amide bonds. The largest absolute Gasteiger partial charge is 0.381 e. The summed E-state index contributed by atoms with van der Waals surface area (Å²) in [5.74, 6) is 0.630. The highest BCUT2D eigenvalue weighted by atomic mass is 19.2. The van der Waals surface area contributed by atoms with Crippen LogP contribution in [-0.4, -0.2) is 39.7 Å². The minimum absolute atomic E-state index is 0.146. The number of rotatable bonds is 3. The van der Waals surface area contributed by atoms with E-state index in [1.54, 1.807) is 25.8 Å². The monoisotopic (exact) mass is 331 g/mol. The van der Waals surface area contributed by atoms with E-state index in [0.29, 0.717) is 42.9 Å². The number of imidazole rings is 1. The van der Waals surface area contributed by atoms with Crippen LogP contribution in [0.3, 0.4) is 0 Å². The van der Waals surface area contributed by atoms with Crippen molar-refractivity contribution in [3.63, 3.8) is 0 Å². The quantitative estimate of drug-likeness (QED) is 0.744. The molecule has 1 aliphatic heterocycles.